The summed E-state index contributed by atoms with van der Waals surface area (Å²) < 4.78 is 27.3. The Labute approximate surface area is 194 Å². The van der Waals surface area contributed by atoms with Crippen LogP contribution in [0.1, 0.15) is 0 Å². The van der Waals surface area contributed by atoms with E-state index < -0.39 is 14.9 Å². The molecular formula is C20H17Cl2N5O4S. The van der Waals surface area contributed by atoms with Crippen LogP contribution in [0.25, 0.3) is 11.3 Å². The predicted octanol–water partition coefficient (Wildman–Crippen LogP) is 3.87. The Bertz CT molecular complexity index is 1250. The summed E-state index contributed by atoms with van der Waals surface area (Å²) in [5.41, 5.74) is 1.26. The van der Waals surface area contributed by atoms with Gasteiger partial charge >= 0.3 is 0 Å². The van der Waals surface area contributed by atoms with E-state index in [1.54, 1.807) is 12.1 Å². The molecule has 1 aromatic heterocycles. The monoisotopic (exact) mass is 493 g/mol. The predicted molar refractivity (Wildman–Crippen MR) is 122 cm³/mol. The molecule has 1 aliphatic rings. The largest absolute Gasteiger partial charge is 0.352 e. The van der Waals surface area contributed by atoms with Crippen molar-refractivity contribution in [1.82, 2.24) is 14.5 Å². The number of rotatable bonds is 5. The summed E-state index contributed by atoms with van der Waals surface area (Å²) in [5, 5.41) is 20.1. The van der Waals surface area contributed by atoms with Gasteiger partial charge in [0.25, 0.3) is 5.69 Å². The topological polar surface area (TPSA) is 110 Å². The van der Waals surface area contributed by atoms with Crippen LogP contribution in [-0.2, 0) is 10.0 Å². The Balaban J connectivity index is 1.46. The molecule has 0 atom stereocenters. The first-order valence-electron chi connectivity index (χ1n) is 9.54. The zero-order chi connectivity index (χ0) is 22.9. The maximum atomic E-state index is 13.0. The lowest BCUT2D eigenvalue weighted by atomic mass is 10.1. The summed E-state index contributed by atoms with van der Waals surface area (Å²) in [7, 11) is -3.98. The van der Waals surface area contributed by atoms with Crippen molar-refractivity contribution in [2.45, 2.75) is 4.90 Å². The third kappa shape index (κ3) is 4.53. The van der Waals surface area contributed by atoms with Crippen molar-refractivity contribution in [2.75, 3.05) is 31.1 Å². The molecule has 0 radical (unpaired) electrons. The molecule has 32 heavy (non-hydrogen) atoms. The van der Waals surface area contributed by atoms with Crippen LogP contribution in [0, 0.1) is 10.1 Å². The molecule has 0 bridgehead atoms. The minimum absolute atomic E-state index is 0.0540. The number of non-ortho nitro benzene ring substituents is 1. The molecule has 12 heteroatoms. The average Bonchev–Trinajstić information content (AvgIpc) is 2.80. The molecule has 9 nitrogen and oxygen atoms in total. The van der Waals surface area contributed by atoms with Crippen molar-refractivity contribution >= 4 is 44.7 Å². The van der Waals surface area contributed by atoms with E-state index in [0.29, 0.717) is 29.6 Å². The van der Waals surface area contributed by atoms with Gasteiger partial charge in [0.05, 0.1) is 15.6 Å². The summed E-state index contributed by atoms with van der Waals surface area (Å²) in [6.45, 7) is 1.14. The minimum atomic E-state index is -3.98. The Morgan fingerprint density at radius 2 is 1.59 bits per heavy atom. The number of aromatic nitrogens is 2. The Hall–Kier alpha value is -2.79. The van der Waals surface area contributed by atoms with E-state index >= 15 is 0 Å². The maximum Gasteiger partial charge on any atom is 0.270 e. The van der Waals surface area contributed by atoms with Crippen molar-refractivity contribution in [3.63, 3.8) is 0 Å². The number of nitrogens with zero attached hydrogens (tertiary/aromatic N) is 5. The molecular weight excluding hydrogens is 477 g/mol. The number of benzene rings is 2. The van der Waals surface area contributed by atoms with Gasteiger partial charge in [-0.3, -0.25) is 10.1 Å². The third-order valence-electron chi connectivity index (χ3n) is 5.10. The fourth-order valence-corrected chi connectivity index (χ4v) is 5.41. The van der Waals surface area contributed by atoms with Gasteiger partial charge in [0, 0.05) is 48.9 Å². The molecule has 3 aromatic rings. The fraction of sp³-hybridized carbons (Fsp3) is 0.200. The lowest BCUT2D eigenvalue weighted by Crippen LogP contribution is -2.49. The van der Waals surface area contributed by atoms with Crippen molar-refractivity contribution in [1.29, 1.82) is 0 Å². The highest BCUT2D eigenvalue weighted by Crippen LogP contribution is 2.29. The molecule has 2 aromatic carbocycles. The standard InChI is InChI=1S/C20H17Cl2N5O4S/c21-15-3-1-14(2-4-15)18-7-8-20(24-23-18)25-9-11-26(12-10-25)32(30,31)19-13-16(27(28)29)5-6-17(19)22/h1-8,13H,9-12H2. The zero-order valence-electron chi connectivity index (χ0n) is 16.6. The first kappa shape index (κ1) is 22.4. The number of sulfonamides is 1. The molecule has 2 heterocycles. The number of hydrogen-bond donors (Lipinski definition) is 0. The first-order valence-corrected chi connectivity index (χ1v) is 11.7. The quantitative estimate of drug-likeness (QED) is 0.391. The smallest absolute Gasteiger partial charge is 0.270 e. The third-order valence-corrected chi connectivity index (χ3v) is 7.73. The van der Waals surface area contributed by atoms with Crippen LogP contribution in [0.15, 0.2) is 59.5 Å². The molecule has 0 aliphatic carbocycles. The molecule has 0 spiro atoms. The molecule has 0 N–H and O–H groups in total. The van der Waals surface area contributed by atoms with Gasteiger partial charge in [-0.05, 0) is 30.3 Å². The zero-order valence-corrected chi connectivity index (χ0v) is 18.9. The van der Waals surface area contributed by atoms with E-state index in [2.05, 4.69) is 10.2 Å². The van der Waals surface area contributed by atoms with E-state index in [-0.39, 0.29) is 28.7 Å². The number of hydrogen-bond acceptors (Lipinski definition) is 7. The van der Waals surface area contributed by atoms with E-state index in [1.807, 2.05) is 29.2 Å². The second kappa shape index (κ2) is 8.99. The normalized spacial score (nSPS) is 15.0. The van der Waals surface area contributed by atoms with E-state index in [1.165, 1.54) is 16.4 Å². The van der Waals surface area contributed by atoms with Gasteiger partial charge < -0.3 is 4.90 Å². The lowest BCUT2D eigenvalue weighted by Gasteiger charge is -2.34. The minimum Gasteiger partial charge on any atom is -0.352 e. The van der Waals surface area contributed by atoms with Gasteiger partial charge in [-0.2, -0.15) is 4.31 Å². The summed E-state index contributed by atoms with van der Waals surface area (Å²) >= 11 is 12.0. The van der Waals surface area contributed by atoms with Crippen LogP contribution in [0.3, 0.4) is 0 Å². The second-order valence-electron chi connectivity index (χ2n) is 7.05. The Kier molecular flexibility index (Phi) is 6.29. The number of nitro groups is 1. The van der Waals surface area contributed by atoms with Gasteiger partial charge in [-0.1, -0.05) is 35.3 Å². The molecule has 166 valence electrons. The van der Waals surface area contributed by atoms with Crippen molar-refractivity contribution in [3.8, 4) is 11.3 Å². The highest BCUT2D eigenvalue weighted by Gasteiger charge is 2.31. The number of nitro benzene ring substituents is 1. The number of anilines is 1. The summed E-state index contributed by atoms with van der Waals surface area (Å²) in [6.07, 6.45) is 0. The molecule has 1 fully saturated rings. The van der Waals surface area contributed by atoms with Gasteiger partial charge in [0.15, 0.2) is 5.82 Å². The van der Waals surface area contributed by atoms with Crippen molar-refractivity contribution in [2.24, 2.45) is 0 Å². The molecule has 1 saturated heterocycles. The lowest BCUT2D eigenvalue weighted by molar-refractivity contribution is -0.385. The Morgan fingerprint density at radius 3 is 2.19 bits per heavy atom. The van der Waals surface area contributed by atoms with Crippen LogP contribution in [0.5, 0.6) is 0 Å². The summed E-state index contributed by atoms with van der Waals surface area (Å²) in [4.78, 5) is 12.0. The van der Waals surface area contributed by atoms with Crippen LogP contribution < -0.4 is 4.90 Å². The average molecular weight is 494 g/mol. The molecule has 0 unspecified atom stereocenters. The van der Waals surface area contributed by atoms with Crippen LogP contribution in [0.4, 0.5) is 11.5 Å². The van der Waals surface area contributed by atoms with Gasteiger partial charge in [0.2, 0.25) is 10.0 Å². The highest BCUT2D eigenvalue weighted by atomic mass is 35.5. The van der Waals surface area contributed by atoms with Gasteiger partial charge in [-0.25, -0.2) is 8.42 Å². The second-order valence-corrected chi connectivity index (χ2v) is 9.80. The van der Waals surface area contributed by atoms with Crippen LogP contribution in [-0.4, -0.2) is 54.0 Å². The van der Waals surface area contributed by atoms with Gasteiger partial charge in [-0.15, -0.1) is 10.2 Å². The SMILES string of the molecule is O=[N+]([O-])c1ccc(Cl)c(S(=O)(=O)N2CCN(c3ccc(-c4ccc(Cl)cc4)nn3)CC2)c1. The number of piperazine rings is 1. The van der Waals surface area contributed by atoms with Gasteiger partial charge in [0.1, 0.15) is 4.90 Å². The Morgan fingerprint density at radius 1 is 0.906 bits per heavy atom. The molecule has 4 rings (SSSR count). The van der Waals surface area contributed by atoms with Crippen LogP contribution in [0.2, 0.25) is 10.0 Å². The summed E-state index contributed by atoms with van der Waals surface area (Å²) in [6, 6.07) is 14.3. The highest BCUT2D eigenvalue weighted by molar-refractivity contribution is 7.89. The van der Waals surface area contributed by atoms with E-state index in [4.69, 9.17) is 23.2 Å². The van der Waals surface area contributed by atoms with E-state index in [9.17, 15) is 18.5 Å². The first-order chi connectivity index (χ1) is 15.3. The summed E-state index contributed by atoms with van der Waals surface area (Å²) in [5.74, 6) is 0.633. The molecule has 0 amide bonds. The molecule has 0 saturated carbocycles. The van der Waals surface area contributed by atoms with Crippen molar-refractivity contribution in [3.05, 3.63) is 74.8 Å². The van der Waals surface area contributed by atoms with Crippen LogP contribution >= 0.6 is 23.2 Å². The number of halogens is 2. The molecule has 1 aliphatic heterocycles. The van der Waals surface area contributed by atoms with Crippen molar-refractivity contribution < 1.29 is 13.3 Å². The fourth-order valence-electron chi connectivity index (χ4n) is 3.37. The van der Waals surface area contributed by atoms with E-state index in [0.717, 1.165) is 11.6 Å². The maximum absolute atomic E-state index is 13.0.